The molecule has 4 nitrogen and oxygen atoms in total. The molecular weight excluding hydrogens is 268 g/mol. The number of methoxy groups -OCH3 is 2. The molecule has 0 amide bonds. The molecule has 0 unspecified atom stereocenters. The van der Waals surface area contributed by atoms with Crippen molar-refractivity contribution in [2.24, 2.45) is 0 Å². The topological polar surface area (TPSA) is 44.8 Å². The van der Waals surface area contributed by atoms with Crippen molar-refractivity contribution in [1.82, 2.24) is 0 Å². The molecule has 0 radical (unpaired) electrons. The van der Waals surface area contributed by atoms with Gasteiger partial charge in [-0.3, -0.25) is 4.79 Å². The Labute approximate surface area is 123 Å². The largest absolute Gasteiger partial charge is 0.497 e. The first-order valence-electron chi connectivity index (χ1n) is 6.75. The van der Waals surface area contributed by atoms with Gasteiger partial charge in [-0.1, -0.05) is 0 Å². The van der Waals surface area contributed by atoms with E-state index in [9.17, 15) is 4.79 Å². The van der Waals surface area contributed by atoms with Gasteiger partial charge in [0.25, 0.3) is 0 Å². The highest BCUT2D eigenvalue weighted by Gasteiger charge is 2.19. The Hall–Kier alpha value is -2.49. The van der Waals surface area contributed by atoms with Crippen LogP contribution in [0.3, 0.4) is 0 Å². The lowest BCUT2D eigenvalue weighted by atomic mass is 9.99. The Balaban J connectivity index is 1.98. The van der Waals surface area contributed by atoms with Gasteiger partial charge in [0.1, 0.15) is 17.2 Å². The van der Waals surface area contributed by atoms with Crippen molar-refractivity contribution in [3.63, 3.8) is 0 Å². The maximum Gasteiger partial charge on any atom is 0.196 e. The maximum atomic E-state index is 12.7. The average molecular weight is 284 g/mol. The first-order valence-corrected chi connectivity index (χ1v) is 6.75. The molecule has 0 aliphatic carbocycles. The number of ether oxygens (including phenoxy) is 3. The number of benzene rings is 2. The van der Waals surface area contributed by atoms with Gasteiger partial charge in [-0.15, -0.1) is 0 Å². The zero-order valence-electron chi connectivity index (χ0n) is 12.0. The lowest BCUT2D eigenvalue weighted by molar-refractivity contribution is 0.103. The quantitative estimate of drug-likeness (QED) is 0.810. The van der Waals surface area contributed by atoms with Crippen molar-refractivity contribution in [1.29, 1.82) is 0 Å². The van der Waals surface area contributed by atoms with Crippen molar-refractivity contribution in [3.8, 4) is 17.2 Å². The minimum Gasteiger partial charge on any atom is -0.497 e. The van der Waals surface area contributed by atoms with Crippen LogP contribution in [0, 0.1) is 0 Å². The van der Waals surface area contributed by atoms with Gasteiger partial charge in [-0.25, -0.2) is 0 Å². The molecule has 0 saturated heterocycles. The fourth-order valence-electron chi connectivity index (χ4n) is 2.47. The van der Waals surface area contributed by atoms with Crippen LogP contribution in [0.5, 0.6) is 17.2 Å². The van der Waals surface area contributed by atoms with Crippen LogP contribution in [-0.4, -0.2) is 26.6 Å². The van der Waals surface area contributed by atoms with Gasteiger partial charge in [0.05, 0.1) is 26.4 Å². The van der Waals surface area contributed by atoms with Crippen LogP contribution >= 0.6 is 0 Å². The van der Waals surface area contributed by atoms with Crippen LogP contribution in [0.2, 0.25) is 0 Å². The third-order valence-electron chi connectivity index (χ3n) is 3.60. The van der Waals surface area contributed by atoms with E-state index in [4.69, 9.17) is 14.2 Å². The van der Waals surface area contributed by atoms with E-state index in [2.05, 4.69) is 0 Å². The SMILES string of the molecule is COc1ccc(C(=O)c2ccc3c(c2)CCO3)c(OC)c1. The maximum absolute atomic E-state index is 12.7. The predicted octanol–water partition coefficient (Wildman–Crippen LogP) is 2.87. The highest BCUT2D eigenvalue weighted by atomic mass is 16.5. The summed E-state index contributed by atoms with van der Waals surface area (Å²) in [5, 5.41) is 0. The summed E-state index contributed by atoms with van der Waals surface area (Å²) >= 11 is 0. The number of rotatable bonds is 4. The van der Waals surface area contributed by atoms with E-state index in [-0.39, 0.29) is 5.78 Å². The van der Waals surface area contributed by atoms with E-state index < -0.39 is 0 Å². The highest BCUT2D eigenvalue weighted by Crippen LogP contribution is 2.30. The van der Waals surface area contributed by atoms with E-state index in [1.54, 1.807) is 38.5 Å². The fraction of sp³-hybridized carbons (Fsp3) is 0.235. The molecular formula is C17H16O4. The number of hydrogen-bond acceptors (Lipinski definition) is 4. The Morgan fingerprint density at radius 2 is 1.95 bits per heavy atom. The molecule has 0 fully saturated rings. The standard InChI is InChI=1S/C17H16O4/c1-19-13-4-5-14(16(10-13)20-2)17(18)12-3-6-15-11(9-12)7-8-21-15/h3-6,9-10H,7-8H2,1-2H3. The Morgan fingerprint density at radius 1 is 1.10 bits per heavy atom. The molecule has 1 heterocycles. The summed E-state index contributed by atoms with van der Waals surface area (Å²) in [6.07, 6.45) is 0.843. The van der Waals surface area contributed by atoms with Gasteiger partial charge in [0.15, 0.2) is 5.78 Å². The van der Waals surface area contributed by atoms with Crippen LogP contribution in [0.15, 0.2) is 36.4 Å². The summed E-state index contributed by atoms with van der Waals surface area (Å²) in [6, 6.07) is 10.7. The second-order valence-electron chi connectivity index (χ2n) is 4.82. The molecule has 21 heavy (non-hydrogen) atoms. The third-order valence-corrected chi connectivity index (χ3v) is 3.60. The predicted molar refractivity (Wildman–Crippen MR) is 78.6 cm³/mol. The normalized spacial score (nSPS) is 12.5. The molecule has 0 spiro atoms. The zero-order valence-corrected chi connectivity index (χ0v) is 12.0. The first kappa shape index (κ1) is 13.5. The molecule has 1 aliphatic rings. The summed E-state index contributed by atoms with van der Waals surface area (Å²) < 4.78 is 15.9. The molecule has 0 atom stereocenters. The van der Waals surface area contributed by atoms with Crippen molar-refractivity contribution >= 4 is 5.78 Å². The van der Waals surface area contributed by atoms with Crippen molar-refractivity contribution in [3.05, 3.63) is 53.1 Å². The summed E-state index contributed by atoms with van der Waals surface area (Å²) in [7, 11) is 3.12. The van der Waals surface area contributed by atoms with Crippen LogP contribution in [0.1, 0.15) is 21.5 Å². The van der Waals surface area contributed by atoms with Gasteiger partial charge in [-0.05, 0) is 35.9 Å². The van der Waals surface area contributed by atoms with Gasteiger partial charge in [0.2, 0.25) is 0 Å². The lowest BCUT2D eigenvalue weighted by Crippen LogP contribution is -2.04. The minimum atomic E-state index is -0.0656. The molecule has 0 bridgehead atoms. The minimum absolute atomic E-state index is 0.0656. The fourth-order valence-corrected chi connectivity index (χ4v) is 2.47. The molecule has 2 aromatic rings. The molecule has 0 saturated carbocycles. The van der Waals surface area contributed by atoms with Crippen LogP contribution < -0.4 is 14.2 Å². The van der Waals surface area contributed by atoms with E-state index in [0.717, 1.165) is 17.7 Å². The van der Waals surface area contributed by atoms with Gasteiger partial charge in [0, 0.05) is 18.1 Å². The number of fused-ring (bicyclic) bond motifs is 1. The average Bonchev–Trinajstić information content (AvgIpc) is 3.01. The van der Waals surface area contributed by atoms with Crippen LogP contribution in [0.25, 0.3) is 0 Å². The molecule has 1 aliphatic heterocycles. The number of ketones is 1. The summed E-state index contributed by atoms with van der Waals surface area (Å²) in [4.78, 5) is 12.7. The zero-order chi connectivity index (χ0) is 14.8. The lowest BCUT2D eigenvalue weighted by Gasteiger charge is -2.10. The summed E-state index contributed by atoms with van der Waals surface area (Å²) in [5.74, 6) is 1.97. The molecule has 108 valence electrons. The second-order valence-corrected chi connectivity index (χ2v) is 4.82. The number of hydrogen-bond donors (Lipinski definition) is 0. The van der Waals surface area contributed by atoms with Crippen molar-refractivity contribution in [2.75, 3.05) is 20.8 Å². The number of carbonyl (C=O) groups is 1. The van der Waals surface area contributed by atoms with Gasteiger partial charge < -0.3 is 14.2 Å². The van der Waals surface area contributed by atoms with E-state index >= 15 is 0 Å². The number of carbonyl (C=O) groups excluding carboxylic acids is 1. The smallest absolute Gasteiger partial charge is 0.196 e. The Morgan fingerprint density at radius 3 is 2.71 bits per heavy atom. The Kier molecular flexibility index (Phi) is 3.52. The third kappa shape index (κ3) is 2.44. The molecule has 0 N–H and O–H groups in total. The van der Waals surface area contributed by atoms with Crippen LogP contribution in [-0.2, 0) is 6.42 Å². The van der Waals surface area contributed by atoms with Crippen molar-refractivity contribution in [2.45, 2.75) is 6.42 Å². The van der Waals surface area contributed by atoms with E-state index in [1.807, 2.05) is 12.1 Å². The van der Waals surface area contributed by atoms with E-state index in [1.165, 1.54) is 0 Å². The first-order chi connectivity index (χ1) is 10.2. The summed E-state index contributed by atoms with van der Waals surface area (Å²) in [6.45, 7) is 0.679. The Bertz CT molecular complexity index is 691. The van der Waals surface area contributed by atoms with Gasteiger partial charge >= 0.3 is 0 Å². The molecule has 0 aromatic heterocycles. The second kappa shape index (κ2) is 5.48. The highest BCUT2D eigenvalue weighted by molar-refractivity contribution is 6.11. The van der Waals surface area contributed by atoms with E-state index in [0.29, 0.717) is 29.2 Å². The van der Waals surface area contributed by atoms with Gasteiger partial charge in [-0.2, -0.15) is 0 Å². The molecule has 3 rings (SSSR count). The summed E-state index contributed by atoms with van der Waals surface area (Å²) in [5.41, 5.74) is 2.24. The monoisotopic (exact) mass is 284 g/mol. The van der Waals surface area contributed by atoms with Crippen LogP contribution in [0.4, 0.5) is 0 Å². The molecule has 2 aromatic carbocycles. The molecule has 4 heteroatoms. The van der Waals surface area contributed by atoms with Crippen molar-refractivity contribution < 1.29 is 19.0 Å².